The zero-order valence-corrected chi connectivity index (χ0v) is 15.2. The Morgan fingerprint density at radius 2 is 1.91 bits per heavy atom. The summed E-state index contributed by atoms with van der Waals surface area (Å²) in [6.45, 7) is 2.29. The first-order valence-corrected chi connectivity index (χ1v) is 8.21. The minimum atomic E-state index is 0.383. The predicted octanol–water partition coefficient (Wildman–Crippen LogP) is 3.67. The van der Waals surface area contributed by atoms with Gasteiger partial charge in [0, 0.05) is 19.3 Å². The summed E-state index contributed by atoms with van der Waals surface area (Å²) in [5.74, 6) is 0.871. The van der Waals surface area contributed by atoms with Crippen LogP contribution in [0.25, 0.3) is 0 Å². The lowest BCUT2D eigenvalue weighted by Crippen LogP contribution is -2.15. The molecule has 0 aliphatic rings. The lowest BCUT2D eigenvalue weighted by molar-refractivity contribution is 0.281. The summed E-state index contributed by atoms with van der Waals surface area (Å²) in [4.78, 5) is 6.17. The van der Waals surface area contributed by atoms with Gasteiger partial charge in [-0.25, -0.2) is 4.98 Å². The SMILES string of the molecule is CN(C)CCCOc1ccc(NCc2c(Cl)nc(Cl)n2C)cc1. The highest BCUT2D eigenvalue weighted by Gasteiger charge is 2.10. The molecule has 0 atom stereocenters. The van der Waals surface area contributed by atoms with Crippen molar-refractivity contribution in [2.45, 2.75) is 13.0 Å². The Hall–Kier alpha value is -1.43. The van der Waals surface area contributed by atoms with Gasteiger partial charge in [-0.15, -0.1) is 0 Å². The second-order valence-corrected chi connectivity index (χ2v) is 6.26. The minimum Gasteiger partial charge on any atom is -0.494 e. The number of rotatable bonds is 8. The molecule has 1 N–H and O–H groups in total. The molecule has 1 aromatic heterocycles. The maximum Gasteiger partial charge on any atom is 0.204 e. The van der Waals surface area contributed by atoms with E-state index in [4.69, 9.17) is 27.9 Å². The van der Waals surface area contributed by atoms with Crippen molar-refractivity contribution in [3.05, 3.63) is 40.4 Å². The van der Waals surface area contributed by atoms with Crippen molar-refractivity contribution >= 4 is 28.9 Å². The van der Waals surface area contributed by atoms with E-state index in [1.165, 1.54) is 0 Å². The fraction of sp³-hybridized carbons (Fsp3) is 0.438. The standard InChI is InChI=1S/C16H22Cl2N4O/c1-21(2)9-4-10-23-13-7-5-12(6-8-13)19-11-14-15(17)20-16(18)22(14)3/h5-8,19H,4,9-11H2,1-3H3. The molecule has 0 fully saturated rings. The number of nitrogens with one attached hydrogen (secondary N) is 1. The average Bonchev–Trinajstić information content (AvgIpc) is 2.76. The van der Waals surface area contributed by atoms with Crippen LogP contribution in [0.4, 0.5) is 5.69 Å². The molecule has 126 valence electrons. The lowest BCUT2D eigenvalue weighted by atomic mass is 10.3. The van der Waals surface area contributed by atoms with Crippen LogP contribution >= 0.6 is 23.2 Å². The van der Waals surface area contributed by atoms with E-state index < -0.39 is 0 Å². The summed E-state index contributed by atoms with van der Waals surface area (Å²) in [5, 5.41) is 4.10. The Morgan fingerprint density at radius 1 is 1.22 bits per heavy atom. The van der Waals surface area contributed by atoms with Gasteiger partial charge < -0.3 is 19.5 Å². The van der Waals surface area contributed by atoms with Gasteiger partial charge >= 0.3 is 0 Å². The third-order valence-corrected chi connectivity index (χ3v) is 4.08. The maximum absolute atomic E-state index is 6.06. The highest BCUT2D eigenvalue weighted by molar-refractivity contribution is 6.32. The van der Waals surface area contributed by atoms with Crippen molar-refractivity contribution in [3.63, 3.8) is 0 Å². The fourth-order valence-electron chi connectivity index (χ4n) is 2.09. The van der Waals surface area contributed by atoms with Crippen LogP contribution < -0.4 is 10.1 Å². The first kappa shape index (κ1) is 17.9. The molecule has 7 heteroatoms. The monoisotopic (exact) mass is 356 g/mol. The summed E-state index contributed by atoms with van der Waals surface area (Å²) < 4.78 is 7.47. The Balaban J connectivity index is 1.83. The van der Waals surface area contributed by atoms with E-state index in [0.717, 1.165) is 30.1 Å². The molecule has 1 heterocycles. The number of ether oxygens (including phenoxy) is 1. The third-order valence-electron chi connectivity index (χ3n) is 3.44. The molecular formula is C16H22Cl2N4O. The van der Waals surface area contributed by atoms with E-state index in [1.807, 2.05) is 31.3 Å². The van der Waals surface area contributed by atoms with E-state index in [1.54, 1.807) is 4.57 Å². The molecular weight excluding hydrogens is 335 g/mol. The molecule has 0 saturated carbocycles. The Bertz CT molecular complexity index is 626. The summed E-state index contributed by atoms with van der Waals surface area (Å²) >= 11 is 12.0. The van der Waals surface area contributed by atoms with Gasteiger partial charge in [0.15, 0.2) is 5.15 Å². The molecule has 0 aliphatic carbocycles. The maximum atomic E-state index is 6.06. The van der Waals surface area contributed by atoms with E-state index >= 15 is 0 Å². The zero-order valence-electron chi connectivity index (χ0n) is 13.6. The minimum absolute atomic E-state index is 0.383. The number of benzene rings is 1. The van der Waals surface area contributed by atoms with Crippen LogP contribution in [-0.4, -0.2) is 41.7 Å². The number of halogens is 2. The molecule has 0 aliphatic heterocycles. The highest BCUT2D eigenvalue weighted by atomic mass is 35.5. The number of anilines is 1. The van der Waals surface area contributed by atoms with Gasteiger partial charge in [0.25, 0.3) is 0 Å². The van der Waals surface area contributed by atoms with Crippen molar-refractivity contribution in [1.29, 1.82) is 0 Å². The fourth-order valence-corrected chi connectivity index (χ4v) is 2.59. The van der Waals surface area contributed by atoms with Gasteiger partial charge in [0.05, 0.1) is 18.8 Å². The number of hydrogen-bond acceptors (Lipinski definition) is 4. The van der Waals surface area contributed by atoms with E-state index in [9.17, 15) is 0 Å². The van der Waals surface area contributed by atoms with E-state index in [-0.39, 0.29) is 0 Å². The summed E-state index contributed by atoms with van der Waals surface area (Å²) in [7, 11) is 5.95. The van der Waals surface area contributed by atoms with Crippen LogP contribution in [0, 0.1) is 0 Å². The van der Waals surface area contributed by atoms with Crippen LogP contribution in [0.2, 0.25) is 10.4 Å². The van der Waals surface area contributed by atoms with Crippen LogP contribution in [0.1, 0.15) is 12.1 Å². The van der Waals surface area contributed by atoms with Gasteiger partial charge in [0.1, 0.15) is 5.75 Å². The Labute approximate surface area is 147 Å². The number of imidazole rings is 1. The van der Waals surface area contributed by atoms with Crippen LogP contribution in [0.3, 0.4) is 0 Å². The molecule has 23 heavy (non-hydrogen) atoms. The predicted molar refractivity (Wildman–Crippen MR) is 95.7 cm³/mol. The van der Waals surface area contributed by atoms with Crippen molar-refractivity contribution in [2.24, 2.45) is 7.05 Å². The second kappa shape index (κ2) is 8.43. The van der Waals surface area contributed by atoms with Gasteiger partial charge in [-0.2, -0.15) is 0 Å². The van der Waals surface area contributed by atoms with Gasteiger partial charge in [-0.05, 0) is 56.4 Å². The first-order chi connectivity index (χ1) is 11.0. The topological polar surface area (TPSA) is 42.3 Å². The molecule has 0 amide bonds. The number of hydrogen-bond donors (Lipinski definition) is 1. The normalized spacial score (nSPS) is 11.0. The summed E-state index contributed by atoms with van der Waals surface area (Å²) in [6, 6.07) is 7.87. The highest BCUT2D eigenvalue weighted by Crippen LogP contribution is 2.21. The molecule has 0 saturated heterocycles. The van der Waals surface area contributed by atoms with Crippen LogP contribution in [0.15, 0.2) is 24.3 Å². The third kappa shape index (κ3) is 5.30. The Kier molecular flexibility index (Phi) is 6.57. The van der Waals surface area contributed by atoms with E-state index in [0.29, 0.717) is 23.6 Å². The largest absolute Gasteiger partial charge is 0.494 e. The van der Waals surface area contributed by atoms with Gasteiger partial charge in [-0.1, -0.05) is 11.6 Å². The van der Waals surface area contributed by atoms with Gasteiger partial charge in [0.2, 0.25) is 5.28 Å². The first-order valence-electron chi connectivity index (χ1n) is 7.45. The van der Waals surface area contributed by atoms with E-state index in [2.05, 4.69) is 29.3 Å². The molecule has 0 unspecified atom stereocenters. The molecule has 2 rings (SSSR count). The molecule has 0 spiro atoms. The summed E-state index contributed by atoms with van der Waals surface area (Å²) in [6.07, 6.45) is 1.01. The number of aromatic nitrogens is 2. The van der Waals surface area contributed by atoms with Crippen LogP contribution in [0.5, 0.6) is 5.75 Å². The van der Waals surface area contributed by atoms with Crippen molar-refractivity contribution in [2.75, 3.05) is 32.6 Å². The molecule has 0 bridgehead atoms. The zero-order chi connectivity index (χ0) is 16.8. The van der Waals surface area contributed by atoms with Crippen molar-refractivity contribution in [3.8, 4) is 5.75 Å². The molecule has 2 aromatic rings. The Morgan fingerprint density at radius 3 is 2.48 bits per heavy atom. The molecule has 1 aromatic carbocycles. The van der Waals surface area contributed by atoms with Gasteiger partial charge in [-0.3, -0.25) is 0 Å². The molecule has 5 nitrogen and oxygen atoms in total. The average molecular weight is 357 g/mol. The van der Waals surface area contributed by atoms with Crippen molar-refractivity contribution in [1.82, 2.24) is 14.5 Å². The number of nitrogens with zero attached hydrogens (tertiary/aromatic N) is 3. The lowest BCUT2D eigenvalue weighted by Gasteiger charge is -2.11. The quantitative estimate of drug-likeness (QED) is 0.732. The van der Waals surface area contributed by atoms with Crippen molar-refractivity contribution < 1.29 is 4.74 Å². The van der Waals surface area contributed by atoms with Crippen LogP contribution in [-0.2, 0) is 13.6 Å². The second-order valence-electron chi connectivity index (χ2n) is 5.56. The molecule has 0 radical (unpaired) electrons. The summed E-state index contributed by atoms with van der Waals surface area (Å²) in [5.41, 5.74) is 1.83. The smallest absolute Gasteiger partial charge is 0.204 e.